The lowest BCUT2D eigenvalue weighted by Crippen LogP contribution is -2.14. The summed E-state index contributed by atoms with van der Waals surface area (Å²) in [5, 5.41) is 2.90. The van der Waals surface area contributed by atoms with E-state index in [2.05, 4.69) is 27.9 Å². The van der Waals surface area contributed by atoms with E-state index >= 15 is 0 Å². The largest absolute Gasteiger partial charge is 0.496 e. The normalized spacial score (nSPS) is 10.1. The Morgan fingerprint density at radius 2 is 1.57 bits per heavy atom. The molecule has 2 rings (SSSR count). The molecule has 0 fully saturated rings. The maximum Gasteiger partial charge on any atom is 0.259 e. The molecule has 23 heavy (non-hydrogen) atoms. The lowest BCUT2D eigenvalue weighted by Gasteiger charge is -2.15. The molecular formula is C17H18INO4. The van der Waals surface area contributed by atoms with E-state index in [9.17, 15) is 4.79 Å². The molecule has 0 spiro atoms. The summed E-state index contributed by atoms with van der Waals surface area (Å²) in [5.74, 6) is 1.12. The van der Waals surface area contributed by atoms with Crippen LogP contribution in [0.25, 0.3) is 0 Å². The molecule has 122 valence electrons. The zero-order valence-electron chi connectivity index (χ0n) is 13.4. The van der Waals surface area contributed by atoms with E-state index in [1.807, 2.05) is 25.1 Å². The first-order chi connectivity index (χ1) is 11.0. The second-order valence-electron chi connectivity index (χ2n) is 4.82. The molecule has 0 bridgehead atoms. The zero-order valence-corrected chi connectivity index (χ0v) is 15.6. The minimum Gasteiger partial charge on any atom is -0.496 e. The van der Waals surface area contributed by atoms with E-state index < -0.39 is 0 Å². The van der Waals surface area contributed by atoms with Gasteiger partial charge in [-0.25, -0.2) is 0 Å². The van der Waals surface area contributed by atoms with Crippen molar-refractivity contribution < 1.29 is 19.0 Å². The smallest absolute Gasteiger partial charge is 0.259 e. The number of ether oxygens (including phenoxy) is 3. The number of halogens is 1. The minimum absolute atomic E-state index is 0.271. The molecule has 1 amide bonds. The number of hydrogen-bond acceptors (Lipinski definition) is 4. The second-order valence-corrected chi connectivity index (χ2v) is 6.07. The van der Waals surface area contributed by atoms with Crippen molar-refractivity contribution in [1.82, 2.24) is 0 Å². The van der Waals surface area contributed by atoms with Crippen LogP contribution in [0.3, 0.4) is 0 Å². The number of carbonyl (C=O) groups excluding carboxylic acids is 1. The molecule has 2 aromatic rings. The van der Waals surface area contributed by atoms with Crippen molar-refractivity contribution in [3.8, 4) is 17.2 Å². The third-order valence-electron chi connectivity index (χ3n) is 3.39. The van der Waals surface area contributed by atoms with E-state index in [-0.39, 0.29) is 5.91 Å². The van der Waals surface area contributed by atoms with Crippen LogP contribution in [-0.2, 0) is 0 Å². The molecular weight excluding hydrogens is 409 g/mol. The average Bonchev–Trinajstić information content (AvgIpc) is 2.55. The van der Waals surface area contributed by atoms with E-state index in [1.165, 1.54) is 21.3 Å². The topological polar surface area (TPSA) is 56.8 Å². The van der Waals surface area contributed by atoms with Crippen LogP contribution in [0.1, 0.15) is 15.9 Å². The fraction of sp³-hybridized carbons (Fsp3) is 0.235. The summed E-state index contributed by atoms with van der Waals surface area (Å²) in [7, 11) is 4.56. The van der Waals surface area contributed by atoms with Gasteiger partial charge in [0.05, 0.1) is 26.9 Å². The zero-order chi connectivity index (χ0) is 17.0. The lowest BCUT2D eigenvalue weighted by atomic mass is 10.1. The van der Waals surface area contributed by atoms with Crippen LogP contribution in [0.2, 0.25) is 0 Å². The van der Waals surface area contributed by atoms with Gasteiger partial charge in [0.2, 0.25) is 0 Å². The van der Waals surface area contributed by atoms with E-state index in [1.54, 1.807) is 12.1 Å². The lowest BCUT2D eigenvalue weighted by molar-refractivity contribution is 0.102. The predicted molar refractivity (Wildman–Crippen MR) is 97.9 cm³/mol. The molecule has 0 atom stereocenters. The van der Waals surface area contributed by atoms with Gasteiger partial charge in [0.15, 0.2) is 11.5 Å². The first-order valence-corrected chi connectivity index (χ1v) is 7.95. The molecule has 1 N–H and O–H groups in total. The van der Waals surface area contributed by atoms with Gasteiger partial charge in [0, 0.05) is 21.4 Å². The highest BCUT2D eigenvalue weighted by atomic mass is 127. The van der Waals surface area contributed by atoms with Crippen LogP contribution in [-0.4, -0.2) is 27.2 Å². The summed E-state index contributed by atoms with van der Waals surface area (Å²) in [5.41, 5.74) is 2.13. The summed E-state index contributed by atoms with van der Waals surface area (Å²) in [6.07, 6.45) is 0. The van der Waals surface area contributed by atoms with Gasteiger partial charge in [-0.1, -0.05) is 0 Å². The molecule has 0 saturated heterocycles. The van der Waals surface area contributed by atoms with Crippen LogP contribution in [0, 0.1) is 10.5 Å². The Bertz CT molecular complexity index is 731. The van der Waals surface area contributed by atoms with Gasteiger partial charge < -0.3 is 19.5 Å². The Morgan fingerprint density at radius 1 is 0.957 bits per heavy atom. The number of hydrogen-bond donors (Lipinski definition) is 1. The van der Waals surface area contributed by atoms with Gasteiger partial charge in [-0.2, -0.15) is 0 Å². The first-order valence-electron chi connectivity index (χ1n) is 6.87. The molecule has 5 nitrogen and oxygen atoms in total. The number of benzene rings is 2. The molecule has 6 heteroatoms. The van der Waals surface area contributed by atoms with Gasteiger partial charge in [0.25, 0.3) is 5.91 Å². The molecule has 0 heterocycles. The third-order valence-corrected chi connectivity index (χ3v) is 4.06. The Balaban J connectivity index is 2.38. The van der Waals surface area contributed by atoms with Gasteiger partial charge in [0.1, 0.15) is 5.75 Å². The van der Waals surface area contributed by atoms with Crippen LogP contribution >= 0.6 is 22.6 Å². The number of anilines is 1. The maximum atomic E-state index is 12.6. The fourth-order valence-corrected chi connectivity index (χ4v) is 2.81. The van der Waals surface area contributed by atoms with E-state index in [0.717, 1.165) is 14.8 Å². The monoisotopic (exact) mass is 427 g/mol. The fourth-order valence-electron chi connectivity index (χ4n) is 2.16. The predicted octanol–water partition coefficient (Wildman–Crippen LogP) is 3.88. The van der Waals surface area contributed by atoms with Crippen molar-refractivity contribution in [2.24, 2.45) is 0 Å². The summed E-state index contributed by atoms with van der Waals surface area (Å²) in [4.78, 5) is 12.6. The number of carbonyl (C=O) groups is 1. The third kappa shape index (κ3) is 3.87. The van der Waals surface area contributed by atoms with Gasteiger partial charge >= 0.3 is 0 Å². The molecule has 0 saturated carbocycles. The number of methoxy groups -OCH3 is 3. The molecule has 2 aromatic carbocycles. The van der Waals surface area contributed by atoms with E-state index in [0.29, 0.717) is 22.8 Å². The Kier molecular flexibility index (Phi) is 5.70. The average molecular weight is 427 g/mol. The highest BCUT2D eigenvalue weighted by Crippen LogP contribution is 2.35. The van der Waals surface area contributed by atoms with Gasteiger partial charge in [-0.05, 0) is 53.3 Å². The summed E-state index contributed by atoms with van der Waals surface area (Å²) in [6.45, 7) is 1.95. The van der Waals surface area contributed by atoms with Crippen LogP contribution < -0.4 is 19.5 Å². The van der Waals surface area contributed by atoms with Crippen molar-refractivity contribution in [2.45, 2.75) is 6.92 Å². The van der Waals surface area contributed by atoms with Crippen molar-refractivity contribution in [1.29, 1.82) is 0 Å². The maximum absolute atomic E-state index is 12.6. The second kappa shape index (κ2) is 7.54. The van der Waals surface area contributed by atoms with Crippen molar-refractivity contribution >= 4 is 34.2 Å². The Labute approximate surface area is 149 Å². The first kappa shape index (κ1) is 17.4. The summed E-state index contributed by atoms with van der Waals surface area (Å²) in [6, 6.07) is 9.06. The number of aryl methyl sites for hydroxylation is 1. The number of rotatable bonds is 5. The Hall–Kier alpha value is -1.96. The van der Waals surface area contributed by atoms with Crippen molar-refractivity contribution in [2.75, 3.05) is 26.6 Å². The standard InChI is InChI=1S/C17H18INO4/c1-10-7-11(18)5-6-13(10)19-17(20)12-8-15(22-3)16(23-4)9-14(12)21-2/h5-9H,1-4H3,(H,19,20). The summed E-state index contributed by atoms with van der Waals surface area (Å²) < 4.78 is 16.9. The molecule has 0 unspecified atom stereocenters. The summed E-state index contributed by atoms with van der Waals surface area (Å²) >= 11 is 2.23. The van der Waals surface area contributed by atoms with E-state index in [4.69, 9.17) is 14.2 Å². The highest BCUT2D eigenvalue weighted by molar-refractivity contribution is 14.1. The molecule has 0 aliphatic rings. The van der Waals surface area contributed by atoms with Crippen LogP contribution in [0.15, 0.2) is 30.3 Å². The van der Waals surface area contributed by atoms with Gasteiger partial charge in [-0.3, -0.25) is 4.79 Å². The molecule has 0 aliphatic heterocycles. The molecule has 0 aromatic heterocycles. The van der Waals surface area contributed by atoms with Gasteiger partial charge in [-0.15, -0.1) is 0 Å². The number of nitrogens with one attached hydrogen (secondary N) is 1. The number of amides is 1. The quantitative estimate of drug-likeness (QED) is 0.737. The SMILES string of the molecule is COc1cc(OC)c(C(=O)Nc2ccc(I)cc2C)cc1OC. The van der Waals surface area contributed by atoms with Crippen molar-refractivity contribution in [3.63, 3.8) is 0 Å². The van der Waals surface area contributed by atoms with Crippen LogP contribution in [0.4, 0.5) is 5.69 Å². The molecule has 0 radical (unpaired) electrons. The van der Waals surface area contributed by atoms with Crippen LogP contribution in [0.5, 0.6) is 17.2 Å². The Morgan fingerprint density at radius 3 is 2.13 bits per heavy atom. The molecule has 0 aliphatic carbocycles. The minimum atomic E-state index is -0.271. The highest BCUT2D eigenvalue weighted by Gasteiger charge is 2.18. The van der Waals surface area contributed by atoms with Crippen molar-refractivity contribution in [3.05, 3.63) is 45.0 Å².